The van der Waals surface area contributed by atoms with E-state index in [1.54, 1.807) is 24.3 Å². The van der Waals surface area contributed by atoms with Crippen molar-refractivity contribution in [2.75, 3.05) is 13.2 Å². The van der Waals surface area contributed by atoms with E-state index < -0.39 is 55.5 Å². The van der Waals surface area contributed by atoms with Gasteiger partial charge >= 0.3 is 11.7 Å². The topological polar surface area (TPSA) is 127 Å². The first-order valence-corrected chi connectivity index (χ1v) is 16.2. The molecule has 2 unspecified atom stereocenters. The highest BCUT2D eigenvalue weighted by Crippen LogP contribution is 2.43. The molecule has 1 aromatic carbocycles. The Morgan fingerprint density at radius 3 is 2.61 bits per heavy atom. The number of hydrogen-bond donors (Lipinski definition) is 1. The van der Waals surface area contributed by atoms with E-state index in [4.69, 9.17) is 18.7 Å². The summed E-state index contributed by atoms with van der Waals surface area (Å²) in [6, 6.07) is 9.25. The molecule has 41 heavy (non-hydrogen) atoms. The molecule has 1 aliphatic heterocycles. The van der Waals surface area contributed by atoms with Crippen molar-refractivity contribution in [2.45, 2.75) is 87.8 Å². The molecular weight excluding hydrogens is 671 g/mol. The number of nitrogens with one attached hydrogen (secondary N) is 1. The van der Waals surface area contributed by atoms with E-state index in [0.29, 0.717) is 12.8 Å². The molecule has 7 atom stereocenters. The summed E-state index contributed by atoms with van der Waals surface area (Å²) in [5.41, 5.74) is -2.76. The van der Waals surface area contributed by atoms with Crippen molar-refractivity contribution in [1.82, 2.24) is 14.2 Å². The highest BCUT2D eigenvalue weighted by atomic mass is 127. The van der Waals surface area contributed by atoms with Crippen molar-refractivity contribution >= 4 is 36.7 Å². The van der Waals surface area contributed by atoms with Gasteiger partial charge in [-0.2, -0.15) is 0 Å². The van der Waals surface area contributed by atoms with Crippen LogP contribution in [0.3, 0.4) is 0 Å². The number of ether oxygens (including phenoxy) is 3. The Morgan fingerprint density at radius 1 is 1.24 bits per heavy atom. The van der Waals surface area contributed by atoms with Crippen molar-refractivity contribution in [3.63, 3.8) is 0 Å². The first-order valence-electron chi connectivity index (χ1n) is 13.6. The Morgan fingerprint density at radius 2 is 1.95 bits per heavy atom. The maximum Gasteiger partial charge on any atom is 0.333 e. The maximum absolute atomic E-state index is 16.4. The van der Waals surface area contributed by atoms with Crippen molar-refractivity contribution in [3.05, 3.63) is 69.0 Å². The molecule has 1 aliphatic rings. The van der Waals surface area contributed by atoms with Crippen LogP contribution in [-0.4, -0.2) is 56.3 Å². The maximum atomic E-state index is 16.4. The number of alkyl halides is 2. The third kappa shape index (κ3) is 8.80. The van der Waals surface area contributed by atoms with E-state index in [-0.39, 0.29) is 23.9 Å². The van der Waals surface area contributed by atoms with Crippen LogP contribution in [0.25, 0.3) is 0 Å². The predicted octanol–water partition coefficient (Wildman–Crippen LogP) is 3.97. The second-order valence-electron chi connectivity index (χ2n) is 9.96. The van der Waals surface area contributed by atoms with Gasteiger partial charge in [0.05, 0.1) is 13.2 Å². The van der Waals surface area contributed by atoms with Crippen LogP contribution in [0, 0.1) is 0 Å². The largest absolute Gasteiger partial charge is 0.451 e. The van der Waals surface area contributed by atoms with Crippen LogP contribution >= 0.6 is 30.8 Å². The summed E-state index contributed by atoms with van der Waals surface area (Å²) >= 11 is 1.99. The summed E-state index contributed by atoms with van der Waals surface area (Å²) in [6.07, 6.45) is -0.342. The molecule has 0 radical (unpaired) electrons. The van der Waals surface area contributed by atoms with Gasteiger partial charge in [0.25, 0.3) is 13.7 Å². The fraction of sp³-hybridized carbons (Fsp3) is 0.593. The molecule has 0 amide bonds. The van der Waals surface area contributed by atoms with Crippen molar-refractivity contribution in [3.8, 4) is 0 Å². The van der Waals surface area contributed by atoms with Crippen LogP contribution in [0.5, 0.6) is 0 Å². The summed E-state index contributed by atoms with van der Waals surface area (Å²) in [6.45, 7) is 6.51. The molecule has 0 saturated carbocycles. The lowest BCUT2D eigenvalue weighted by atomic mass is 9.98. The van der Waals surface area contributed by atoms with Crippen molar-refractivity contribution < 1.29 is 32.5 Å². The number of rotatable bonds is 15. The molecule has 2 heterocycles. The van der Waals surface area contributed by atoms with Crippen molar-refractivity contribution in [2.24, 2.45) is 0 Å². The third-order valence-corrected chi connectivity index (χ3v) is 8.87. The molecule has 1 fully saturated rings. The summed E-state index contributed by atoms with van der Waals surface area (Å²) < 4.78 is 53.3. The van der Waals surface area contributed by atoms with E-state index in [2.05, 4.69) is 5.09 Å². The van der Waals surface area contributed by atoms with Gasteiger partial charge < -0.3 is 18.7 Å². The quantitative estimate of drug-likeness (QED) is 0.0962. The first kappa shape index (κ1) is 33.6. The van der Waals surface area contributed by atoms with E-state index in [1.165, 1.54) is 26.1 Å². The minimum absolute atomic E-state index is 0.00283. The normalized spacial score (nSPS) is 24.6. The number of unbranched alkanes of at least 4 members (excludes halogenated alkanes) is 1. The standard InChI is InChI=1S/C27H38FIN3O8P/c1-5-7-15-37-23-20(17-38-41(36)30-18(3)24(34)40-21(29)6-2)39-25(27(23,4)28)31-14-13-22(33)32(26(31)35)16-19-11-9-8-10-12-19/h8-14,18,20-21,23,25,41H,5-7,15-17H2,1-4H3,(H,30,36)/t18-,20+,21?,23+,25+,27+/m0/s1. The zero-order valence-corrected chi connectivity index (χ0v) is 26.7. The summed E-state index contributed by atoms with van der Waals surface area (Å²) in [4.78, 5) is 38.1. The number of benzene rings is 1. The van der Waals surface area contributed by atoms with Gasteiger partial charge in [0.1, 0.15) is 18.2 Å². The minimum atomic E-state index is -2.96. The lowest BCUT2D eigenvalue weighted by Gasteiger charge is -2.28. The molecule has 1 saturated heterocycles. The number of hydrogen-bond acceptors (Lipinski definition) is 8. The molecule has 3 rings (SSSR count). The third-order valence-electron chi connectivity index (χ3n) is 6.64. The minimum Gasteiger partial charge on any atom is -0.451 e. The van der Waals surface area contributed by atoms with E-state index >= 15 is 4.39 Å². The molecule has 0 aliphatic carbocycles. The lowest BCUT2D eigenvalue weighted by molar-refractivity contribution is -0.146. The van der Waals surface area contributed by atoms with Crippen LogP contribution < -0.4 is 16.3 Å². The van der Waals surface area contributed by atoms with Gasteiger partial charge in [-0.15, -0.1) is 0 Å². The first-order chi connectivity index (χ1) is 19.5. The average molecular weight is 709 g/mol. The van der Waals surface area contributed by atoms with Gasteiger partial charge in [-0.3, -0.25) is 23.3 Å². The second-order valence-corrected chi connectivity index (χ2v) is 12.5. The summed E-state index contributed by atoms with van der Waals surface area (Å²) in [5.74, 6) is -0.576. The molecule has 0 bridgehead atoms. The van der Waals surface area contributed by atoms with E-state index in [0.717, 1.165) is 21.1 Å². The van der Waals surface area contributed by atoms with Gasteiger partial charge in [0.15, 0.2) is 16.0 Å². The van der Waals surface area contributed by atoms with Gasteiger partial charge in [-0.25, -0.2) is 14.3 Å². The Bertz CT molecular complexity index is 1290. The second kappa shape index (κ2) is 15.5. The van der Waals surface area contributed by atoms with Gasteiger partial charge in [0, 0.05) is 18.9 Å². The predicted molar refractivity (Wildman–Crippen MR) is 160 cm³/mol. The van der Waals surface area contributed by atoms with Crippen molar-refractivity contribution in [1.29, 1.82) is 0 Å². The Labute approximate surface area is 252 Å². The monoisotopic (exact) mass is 709 g/mol. The highest BCUT2D eigenvalue weighted by molar-refractivity contribution is 14.1. The molecule has 11 nitrogen and oxygen atoms in total. The van der Waals surface area contributed by atoms with Gasteiger partial charge in [-0.1, -0.05) is 50.6 Å². The number of carbonyl (C=O) groups is 1. The Kier molecular flexibility index (Phi) is 12.7. The van der Waals surface area contributed by atoms with Crippen LogP contribution in [-0.2, 0) is 34.6 Å². The molecule has 2 aromatic rings. The number of nitrogens with zero attached hydrogens (tertiary/aromatic N) is 2. The Hall–Kier alpha value is -1.90. The molecule has 228 valence electrons. The molecule has 14 heteroatoms. The van der Waals surface area contributed by atoms with Gasteiger partial charge in [-0.05, 0) is 54.8 Å². The number of esters is 1. The highest BCUT2D eigenvalue weighted by Gasteiger charge is 2.57. The molecule has 1 N–H and O–H groups in total. The Balaban J connectivity index is 1.79. The van der Waals surface area contributed by atoms with Crippen LogP contribution in [0.1, 0.15) is 58.7 Å². The van der Waals surface area contributed by atoms with Crippen LogP contribution in [0.4, 0.5) is 4.39 Å². The van der Waals surface area contributed by atoms with Crippen LogP contribution in [0.2, 0.25) is 0 Å². The SMILES string of the molecule is CCCCO[C@@H]1[C@@H](CO[PH](=O)N[C@@H](C)C(=O)OC(I)CC)O[C@@H](n2ccc(=O)n(Cc3ccccc3)c2=O)[C@]1(C)F. The molecule has 1 aromatic heterocycles. The molecular formula is C27H38FIN3O8P. The summed E-state index contributed by atoms with van der Waals surface area (Å²) in [5, 5.41) is 2.57. The fourth-order valence-corrected chi connectivity index (χ4v) is 5.45. The number of halogens is 2. The zero-order chi connectivity index (χ0) is 30.2. The molecule has 0 spiro atoms. The lowest BCUT2D eigenvalue weighted by Crippen LogP contribution is -2.47. The smallest absolute Gasteiger partial charge is 0.333 e. The average Bonchev–Trinajstić information content (AvgIpc) is 3.19. The number of carbonyl (C=O) groups excluding carboxylic acids is 1. The van der Waals surface area contributed by atoms with E-state index in [1.807, 2.05) is 42.5 Å². The van der Waals surface area contributed by atoms with Gasteiger partial charge in [0.2, 0.25) is 0 Å². The number of aromatic nitrogens is 2. The zero-order valence-electron chi connectivity index (χ0n) is 23.6. The van der Waals surface area contributed by atoms with E-state index in [9.17, 15) is 18.9 Å². The van der Waals surface area contributed by atoms with Crippen LogP contribution in [0.15, 0.2) is 52.2 Å². The fourth-order valence-electron chi connectivity index (χ4n) is 4.33. The summed E-state index contributed by atoms with van der Waals surface area (Å²) in [7, 11) is -2.96.